The fraction of sp³-hybridized carbons (Fsp3) is 0.438. The lowest BCUT2D eigenvalue weighted by Gasteiger charge is -2.23. The molecular formula is C16H22N4O2. The van der Waals surface area contributed by atoms with Crippen molar-refractivity contribution in [1.29, 1.82) is 0 Å². The molecule has 6 nitrogen and oxygen atoms in total. The van der Waals surface area contributed by atoms with Gasteiger partial charge in [-0.1, -0.05) is 0 Å². The molecule has 0 saturated heterocycles. The number of hydroxylamine groups is 2. The minimum absolute atomic E-state index is 0.193. The maximum atomic E-state index is 12.3. The van der Waals surface area contributed by atoms with Crippen molar-refractivity contribution in [2.75, 3.05) is 19.5 Å². The van der Waals surface area contributed by atoms with Crippen molar-refractivity contribution in [1.82, 2.24) is 15.0 Å². The summed E-state index contributed by atoms with van der Waals surface area (Å²) in [5, 5.41) is 5.33. The fourth-order valence-electron chi connectivity index (χ4n) is 2.05. The Hall–Kier alpha value is -2.21. The van der Waals surface area contributed by atoms with Gasteiger partial charge in [0.2, 0.25) is 0 Å². The zero-order valence-electron chi connectivity index (χ0n) is 13.9. The Bertz CT molecular complexity index is 707. The Balaban J connectivity index is 2.62. The van der Waals surface area contributed by atoms with Gasteiger partial charge in [0.15, 0.2) is 5.82 Å². The normalized spacial score (nSPS) is 11.5. The Morgan fingerprint density at radius 2 is 2.00 bits per heavy atom. The number of fused-ring (bicyclic) bond motifs is 1. The highest BCUT2D eigenvalue weighted by Crippen LogP contribution is 2.24. The van der Waals surface area contributed by atoms with E-state index in [9.17, 15) is 4.79 Å². The van der Waals surface area contributed by atoms with Crippen LogP contribution in [0, 0.1) is 6.92 Å². The van der Waals surface area contributed by atoms with Crippen LogP contribution in [0.3, 0.4) is 0 Å². The van der Waals surface area contributed by atoms with E-state index in [-0.39, 0.29) is 11.4 Å². The maximum absolute atomic E-state index is 12.3. The van der Waals surface area contributed by atoms with Gasteiger partial charge in [-0.05, 0) is 45.4 Å². The van der Waals surface area contributed by atoms with E-state index in [0.29, 0.717) is 11.5 Å². The van der Waals surface area contributed by atoms with Gasteiger partial charge in [-0.15, -0.1) is 0 Å². The molecule has 0 unspecified atom stereocenters. The molecule has 2 heterocycles. The molecule has 0 radical (unpaired) electrons. The molecule has 22 heavy (non-hydrogen) atoms. The minimum atomic E-state index is -0.303. The van der Waals surface area contributed by atoms with Crippen molar-refractivity contribution < 1.29 is 9.63 Å². The number of pyridine rings is 2. The number of carbonyl (C=O) groups excluding carboxylic acids is 1. The highest BCUT2D eigenvalue weighted by Gasteiger charge is 2.19. The standard InChI is InChI=1S/C16H22N4O2/c1-10-7-11-8-12(15(21)20(5)22-6)18-14(13(11)17-9-10)19-16(2,3)4/h7-9H,1-6H3,(H,18,19). The molecule has 118 valence electrons. The van der Waals surface area contributed by atoms with E-state index in [1.54, 1.807) is 19.3 Å². The van der Waals surface area contributed by atoms with Crippen LogP contribution in [-0.4, -0.2) is 40.6 Å². The SMILES string of the molecule is CON(C)C(=O)c1cc2cc(C)cnc2c(NC(C)(C)C)n1. The molecule has 0 fully saturated rings. The first kappa shape index (κ1) is 16.2. The third-order valence-corrected chi connectivity index (χ3v) is 3.08. The summed E-state index contributed by atoms with van der Waals surface area (Å²) in [6, 6.07) is 3.72. The topological polar surface area (TPSA) is 67.3 Å². The second-order valence-electron chi connectivity index (χ2n) is 6.30. The minimum Gasteiger partial charge on any atom is -0.364 e. The number of carbonyl (C=O) groups is 1. The predicted molar refractivity (Wildman–Crippen MR) is 86.8 cm³/mol. The lowest BCUT2D eigenvalue weighted by Crippen LogP contribution is -2.29. The van der Waals surface area contributed by atoms with Crippen LogP contribution in [0.4, 0.5) is 5.82 Å². The molecule has 2 aromatic heterocycles. The van der Waals surface area contributed by atoms with Crippen molar-refractivity contribution in [3.63, 3.8) is 0 Å². The molecule has 1 amide bonds. The second-order valence-corrected chi connectivity index (χ2v) is 6.30. The molecule has 0 aromatic carbocycles. The van der Waals surface area contributed by atoms with Crippen LogP contribution < -0.4 is 5.32 Å². The predicted octanol–water partition coefficient (Wildman–Crippen LogP) is 2.78. The Morgan fingerprint density at radius 1 is 1.32 bits per heavy atom. The van der Waals surface area contributed by atoms with E-state index >= 15 is 0 Å². The van der Waals surface area contributed by atoms with E-state index in [1.165, 1.54) is 7.11 Å². The molecule has 1 N–H and O–H groups in total. The molecule has 0 spiro atoms. The summed E-state index contributed by atoms with van der Waals surface area (Å²) in [4.78, 5) is 26.2. The van der Waals surface area contributed by atoms with Gasteiger partial charge in [0.1, 0.15) is 11.2 Å². The summed E-state index contributed by atoms with van der Waals surface area (Å²) >= 11 is 0. The first-order valence-corrected chi connectivity index (χ1v) is 7.09. The summed E-state index contributed by atoms with van der Waals surface area (Å²) in [7, 11) is 3.00. The summed E-state index contributed by atoms with van der Waals surface area (Å²) < 4.78 is 0. The van der Waals surface area contributed by atoms with Crippen LogP contribution in [0.1, 0.15) is 36.8 Å². The number of aromatic nitrogens is 2. The number of rotatable bonds is 3. The maximum Gasteiger partial charge on any atom is 0.295 e. The fourth-order valence-corrected chi connectivity index (χ4v) is 2.05. The smallest absolute Gasteiger partial charge is 0.295 e. The molecule has 0 saturated carbocycles. The molecule has 0 aliphatic carbocycles. The molecule has 2 aromatic rings. The number of hydrogen-bond donors (Lipinski definition) is 1. The van der Waals surface area contributed by atoms with Crippen molar-refractivity contribution in [3.8, 4) is 0 Å². The highest BCUT2D eigenvalue weighted by molar-refractivity contribution is 5.98. The summed E-state index contributed by atoms with van der Waals surface area (Å²) in [5.74, 6) is 0.292. The largest absolute Gasteiger partial charge is 0.364 e. The van der Waals surface area contributed by atoms with E-state index in [2.05, 4.69) is 15.3 Å². The van der Waals surface area contributed by atoms with Gasteiger partial charge < -0.3 is 5.32 Å². The van der Waals surface area contributed by atoms with Crippen molar-refractivity contribution >= 4 is 22.6 Å². The zero-order valence-corrected chi connectivity index (χ0v) is 13.9. The lowest BCUT2D eigenvalue weighted by atomic mass is 10.1. The average Bonchev–Trinajstić information content (AvgIpc) is 2.43. The van der Waals surface area contributed by atoms with E-state index in [4.69, 9.17) is 4.84 Å². The molecule has 2 rings (SSSR count). The van der Waals surface area contributed by atoms with Gasteiger partial charge >= 0.3 is 0 Å². The molecular weight excluding hydrogens is 280 g/mol. The molecule has 0 aliphatic rings. The van der Waals surface area contributed by atoms with Gasteiger partial charge in [-0.2, -0.15) is 0 Å². The number of amides is 1. The number of aryl methyl sites for hydroxylation is 1. The molecule has 0 aliphatic heterocycles. The van der Waals surface area contributed by atoms with Crippen LogP contribution in [0.15, 0.2) is 18.3 Å². The van der Waals surface area contributed by atoms with Crippen LogP contribution in [-0.2, 0) is 4.84 Å². The van der Waals surface area contributed by atoms with Crippen molar-refractivity contribution in [2.24, 2.45) is 0 Å². The van der Waals surface area contributed by atoms with Crippen molar-refractivity contribution in [3.05, 3.63) is 29.6 Å². The third-order valence-electron chi connectivity index (χ3n) is 3.08. The van der Waals surface area contributed by atoms with Crippen LogP contribution >= 0.6 is 0 Å². The van der Waals surface area contributed by atoms with Crippen molar-refractivity contribution in [2.45, 2.75) is 33.2 Å². The Kier molecular flexibility index (Phi) is 4.32. The van der Waals surface area contributed by atoms with Gasteiger partial charge in [0.05, 0.1) is 7.11 Å². The average molecular weight is 302 g/mol. The monoisotopic (exact) mass is 302 g/mol. The van der Waals surface area contributed by atoms with E-state index < -0.39 is 0 Å². The summed E-state index contributed by atoms with van der Waals surface area (Å²) in [6.45, 7) is 8.06. The number of anilines is 1. The van der Waals surface area contributed by atoms with Crippen LogP contribution in [0.2, 0.25) is 0 Å². The van der Waals surface area contributed by atoms with Gasteiger partial charge in [-0.25, -0.2) is 10.0 Å². The Morgan fingerprint density at radius 3 is 2.59 bits per heavy atom. The second kappa shape index (κ2) is 5.88. The summed E-state index contributed by atoms with van der Waals surface area (Å²) in [5.41, 5.74) is 1.90. The van der Waals surface area contributed by atoms with Gasteiger partial charge in [0.25, 0.3) is 5.91 Å². The number of nitrogens with zero attached hydrogens (tertiary/aromatic N) is 3. The number of nitrogens with one attached hydrogen (secondary N) is 1. The molecule has 0 bridgehead atoms. The molecule has 6 heteroatoms. The third kappa shape index (κ3) is 3.51. The number of hydrogen-bond acceptors (Lipinski definition) is 5. The van der Waals surface area contributed by atoms with E-state index in [1.807, 2.05) is 33.8 Å². The van der Waals surface area contributed by atoms with Gasteiger partial charge in [0, 0.05) is 24.2 Å². The first-order chi connectivity index (χ1) is 10.2. The quantitative estimate of drug-likeness (QED) is 0.883. The van der Waals surface area contributed by atoms with Gasteiger partial charge in [-0.3, -0.25) is 14.6 Å². The highest BCUT2D eigenvalue weighted by atomic mass is 16.7. The lowest BCUT2D eigenvalue weighted by molar-refractivity contribution is -0.0760. The first-order valence-electron chi connectivity index (χ1n) is 7.09. The Labute approximate surface area is 130 Å². The van der Waals surface area contributed by atoms with Crippen LogP contribution in [0.25, 0.3) is 10.9 Å². The zero-order chi connectivity index (χ0) is 16.5. The van der Waals surface area contributed by atoms with E-state index in [0.717, 1.165) is 21.5 Å². The molecule has 0 atom stereocenters. The van der Waals surface area contributed by atoms with Crippen LogP contribution in [0.5, 0.6) is 0 Å². The summed E-state index contributed by atoms with van der Waals surface area (Å²) in [6.07, 6.45) is 1.79.